The summed E-state index contributed by atoms with van der Waals surface area (Å²) in [5.74, 6) is 0. The van der Waals surface area contributed by atoms with Crippen molar-refractivity contribution in [3.63, 3.8) is 0 Å². The Bertz CT molecular complexity index is 2820. The van der Waals surface area contributed by atoms with Crippen LogP contribution in [0.2, 0.25) is 0 Å². The highest BCUT2D eigenvalue weighted by Gasteiger charge is 2.21. The molecule has 2 aromatic heterocycles. The highest BCUT2D eigenvalue weighted by Crippen LogP contribution is 2.45. The second-order valence-corrected chi connectivity index (χ2v) is 12.6. The van der Waals surface area contributed by atoms with E-state index in [-0.39, 0.29) is 0 Å². The lowest BCUT2D eigenvalue weighted by atomic mass is 10.0. The third-order valence-corrected chi connectivity index (χ3v) is 9.62. The van der Waals surface area contributed by atoms with Crippen LogP contribution in [0.1, 0.15) is 0 Å². The van der Waals surface area contributed by atoms with Gasteiger partial charge in [0, 0.05) is 56.0 Å². The van der Waals surface area contributed by atoms with Crippen molar-refractivity contribution >= 4 is 88.8 Å². The van der Waals surface area contributed by atoms with Crippen molar-refractivity contribution in [2.45, 2.75) is 0 Å². The molecule has 0 atom stereocenters. The maximum absolute atomic E-state index is 6.59. The fourth-order valence-electron chi connectivity index (χ4n) is 7.35. The SMILES string of the molecule is c1ccc(N(c2ccc(N(c3ccccc3)c3cccc4oc5c6ccccc6ccc5c34)cc2)c2ccc3c(c2)oc2ccccc23)cc1. The predicted octanol–water partition coefficient (Wildman–Crippen LogP) is 13.6. The summed E-state index contributed by atoms with van der Waals surface area (Å²) in [7, 11) is 0. The van der Waals surface area contributed by atoms with Crippen LogP contribution in [0.15, 0.2) is 191 Å². The molecule has 236 valence electrons. The molecule has 50 heavy (non-hydrogen) atoms. The molecule has 0 amide bonds. The Morgan fingerprint density at radius 2 is 0.880 bits per heavy atom. The van der Waals surface area contributed by atoms with Crippen LogP contribution in [0.4, 0.5) is 34.1 Å². The zero-order valence-electron chi connectivity index (χ0n) is 27.0. The number of hydrogen-bond acceptors (Lipinski definition) is 4. The zero-order chi connectivity index (χ0) is 33.0. The second kappa shape index (κ2) is 11.4. The summed E-state index contributed by atoms with van der Waals surface area (Å²) >= 11 is 0. The third-order valence-electron chi connectivity index (χ3n) is 9.62. The molecule has 0 aliphatic carbocycles. The van der Waals surface area contributed by atoms with Gasteiger partial charge in [-0.1, -0.05) is 91.0 Å². The first-order valence-electron chi connectivity index (χ1n) is 16.8. The van der Waals surface area contributed by atoms with Gasteiger partial charge in [-0.3, -0.25) is 0 Å². The lowest BCUT2D eigenvalue weighted by molar-refractivity contribution is 0.669. The molecule has 10 rings (SSSR count). The van der Waals surface area contributed by atoms with Gasteiger partial charge in [-0.15, -0.1) is 0 Å². The summed E-state index contributed by atoms with van der Waals surface area (Å²) in [5, 5.41) is 6.71. The molecule has 4 heteroatoms. The van der Waals surface area contributed by atoms with Gasteiger partial charge in [0.05, 0.1) is 11.1 Å². The molecule has 0 spiro atoms. The van der Waals surface area contributed by atoms with Gasteiger partial charge in [-0.25, -0.2) is 0 Å². The summed E-state index contributed by atoms with van der Waals surface area (Å²) < 4.78 is 12.9. The summed E-state index contributed by atoms with van der Waals surface area (Å²) in [6, 6.07) is 63.6. The fourth-order valence-corrected chi connectivity index (χ4v) is 7.35. The van der Waals surface area contributed by atoms with Gasteiger partial charge in [0.15, 0.2) is 0 Å². The van der Waals surface area contributed by atoms with E-state index in [2.05, 4.69) is 174 Å². The Morgan fingerprint density at radius 3 is 1.66 bits per heavy atom. The fraction of sp³-hybridized carbons (Fsp3) is 0. The molecular formula is C46H30N2O2. The predicted molar refractivity (Wildman–Crippen MR) is 208 cm³/mol. The topological polar surface area (TPSA) is 32.8 Å². The van der Waals surface area contributed by atoms with Gasteiger partial charge in [0.25, 0.3) is 0 Å². The Kier molecular flexibility index (Phi) is 6.46. The number of fused-ring (bicyclic) bond motifs is 8. The molecule has 0 N–H and O–H groups in total. The number of anilines is 6. The third kappa shape index (κ3) is 4.54. The van der Waals surface area contributed by atoms with Crippen molar-refractivity contribution in [3.8, 4) is 0 Å². The molecule has 0 saturated heterocycles. The minimum atomic E-state index is 0.864. The summed E-state index contributed by atoms with van der Waals surface area (Å²) in [5.41, 5.74) is 9.84. The molecule has 4 nitrogen and oxygen atoms in total. The average Bonchev–Trinajstić information content (AvgIpc) is 3.75. The number of nitrogens with zero attached hydrogens (tertiary/aromatic N) is 2. The van der Waals surface area contributed by atoms with Crippen molar-refractivity contribution in [3.05, 3.63) is 182 Å². The smallest absolute Gasteiger partial charge is 0.143 e. The number of hydrogen-bond donors (Lipinski definition) is 0. The molecule has 0 radical (unpaired) electrons. The highest BCUT2D eigenvalue weighted by molar-refractivity contribution is 6.19. The normalized spacial score (nSPS) is 11.6. The van der Waals surface area contributed by atoms with Crippen LogP contribution < -0.4 is 9.80 Å². The molecule has 0 aliphatic rings. The molecule has 10 aromatic rings. The molecule has 0 saturated carbocycles. The van der Waals surface area contributed by atoms with Crippen LogP contribution in [0.5, 0.6) is 0 Å². The first-order chi connectivity index (χ1) is 24.8. The van der Waals surface area contributed by atoms with E-state index in [1.807, 2.05) is 18.2 Å². The quantitative estimate of drug-likeness (QED) is 0.181. The minimum absolute atomic E-state index is 0.864. The highest BCUT2D eigenvalue weighted by atomic mass is 16.3. The van der Waals surface area contributed by atoms with E-state index in [4.69, 9.17) is 8.83 Å². The van der Waals surface area contributed by atoms with Crippen molar-refractivity contribution in [2.24, 2.45) is 0 Å². The number of furan rings is 2. The molecule has 8 aromatic carbocycles. The van der Waals surface area contributed by atoms with Crippen LogP contribution in [0.25, 0.3) is 54.6 Å². The Balaban J connectivity index is 1.13. The molecule has 0 bridgehead atoms. The van der Waals surface area contributed by atoms with E-state index in [0.29, 0.717) is 0 Å². The number of rotatable bonds is 6. The molecule has 0 aliphatic heterocycles. The Labute approximate surface area is 288 Å². The largest absolute Gasteiger partial charge is 0.456 e. The van der Waals surface area contributed by atoms with E-state index in [0.717, 1.165) is 83.4 Å². The molecule has 0 unspecified atom stereocenters. The van der Waals surface area contributed by atoms with Crippen molar-refractivity contribution in [1.82, 2.24) is 0 Å². The monoisotopic (exact) mass is 642 g/mol. The van der Waals surface area contributed by atoms with Gasteiger partial charge in [-0.05, 0) is 90.3 Å². The molecule has 2 heterocycles. The molecule has 0 fully saturated rings. The number of para-hydroxylation sites is 3. The first-order valence-corrected chi connectivity index (χ1v) is 16.8. The zero-order valence-corrected chi connectivity index (χ0v) is 27.0. The lowest BCUT2D eigenvalue weighted by Gasteiger charge is -2.28. The van der Waals surface area contributed by atoms with Gasteiger partial charge in [-0.2, -0.15) is 0 Å². The summed E-state index contributed by atoms with van der Waals surface area (Å²) in [6.07, 6.45) is 0. The van der Waals surface area contributed by atoms with Gasteiger partial charge >= 0.3 is 0 Å². The maximum Gasteiger partial charge on any atom is 0.143 e. The Hall–Kier alpha value is -6.78. The van der Waals surface area contributed by atoms with Crippen LogP contribution >= 0.6 is 0 Å². The average molecular weight is 643 g/mol. The van der Waals surface area contributed by atoms with Gasteiger partial charge in [0.1, 0.15) is 22.3 Å². The van der Waals surface area contributed by atoms with E-state index >= 15 is 0 Å². The Morgan fingerprint density at radius 1 is 0.320 bits per heavy atom. The van der Waals surface area contributed by atoms with E-state index in [9.17, 15) is 0 Å². The maximum atomic E-state index is 6.59. The number of benzene rings is 8. The van der Waals surface area contributed by atoms with E-state index in [1.54, 1.807) is 0 Å². The van der Waals surface area contributed by atoms with Gasteiger partial charge in [0.2, 0.25) is 0 Å². The first kappa shape index (κ1) is 28.3. The van der Waals surface area contributed by atoms with Crippen LogP contribution in [0, 0.1) is 0 Å². The standard InChI is InChI=1S/C46H30N2O2/c1-3-13-32(14-4-1)47(36-27-29-39-38-18-9-10-20-42(38)49-44(39)30-36)34-23-25-35(26-24-34)48(33-15-5-2-6-16-33)41-19-11-21-43-45(41)40-28-22-31-12-7-8-17-37(31)46(40)50-43/h1-30H. The van der Waals surface area contributed by atoms with Crippen LogP contribution in [0.3, 0.4) is 0 Å². The van der Waals surface area contributed by atoms with Crippen molar-refractivity contribution in [1.29, 1.82) is 0 Å². The second-order valence-electron chi connectivity index (χ2n) is 12.6. The van der Waals surface area contributed by atoms with E-state index in [1.165, 1.54) is 5.39 Å². The van der Waals surface area contributed by atoms with Crippen molar-refractivity contribution < 1.29 is 8.83 Å². The summed E-state index contributed by atoms with van der Waals surface area (Å²) in [4.78, 5) is 4.60. The van der Waals surface area contributed by atoms with Crippen LogP contribution in [-0.2, 0) is 0 Å². The minimum Gasteiger partial charge on any atom is -0.456 e. The van der Waals surface area contributed by atoms with E-state index < -0.39 is 0 Å². The summed E-state index contributed by atoms with van der Waals surface area (Å²) in [6.45, 7) is 0. The van der Waals surface area contributed by atoms with Crippen LogP contribution in [-0.4, -0.2) is 0 Å². The van der Waals surface area contributed by atoms with Crippen molar-refractivity contribution in [2.75, 3.05) is 9.80 Å². The van der Waals surface area contributed by atoms with Gasteiger partial charge < -0.3 is 18.6 Å². The lowest BCUT2D eigenvalue weighted by Crippen LogP contribution is -2.12. The molecular weight excluding hydrogens is 613 g/mol.